The largest absolute Gasteiger partial charge is 0.450 e. The Bertz CT molecular complexity index is 561. The van der Waals surface area contributed by atoms with Gasteiger partial charge in [-0.05, 0) is 34.2 Å². The van der Waals surface area contributed by atoms with Crippen LogP contribution in [-0.2, 0) is 16.6 Å². The predicted molar refractivity (Wildman–Crippen MR) is 78.7 cm³/mol. The highest BCUT2D eigenvalue weighted by Crippen LogP contribution is 2.35. The van der Waals surface area contributed by atoms with E-state index in [9.17, 15) is 8.42 Å². The Morgan fingerprint density at radius 2 is 2.05 bits per heavy atom. The summed E-state index contributed by atoms with van der Waals surface area (Å²) in [5.74, 6) is 0.223. The number of hydrogen-bond acceptors (Lipinski definition) is 4. The monoisotopic (exact) mass is 365 g/mol. The molecule has 1 fully saturated rings. The van der Waals surface area contributed by atoms with E-state index >= 15 is 0 Å². The first kappa shape index (κ1) is 16.0. The molecule has 2 N–H and O–H groups in total. The van der Waals surface area contributed by atoms with Gasteiger partial charge in [0.15, 0.2) is 4.67 Å². The maximum atomic E-state index is 12.3. The van der Waals surface area contributed by atoms with Crippen LogP contribution in [0.15, 0.2) is 20.0 Å². The van der Waals surface area contributed by atoms with Crippen molar-refractivity contribution in [2.24, 2.45) is 5.41 Å². The summed E-state index contributed by atoms with van der Waals surface area (Å²) in [5, 5.41) is 8.99. The lowest BCUT2D eigenvalue weighted by atomic mass is 9.76. The molecule has 1 aromatic rings. The molecule has 20 heavy (non-hydrogen) atoms. The highest BCUT2D eigenvalue weighted by atomic mass is 79.9. The summed E-state index contributed by atoms with van der Waals surface area (Å²) in [5.41, 5.74) is 0.0291. The number of rotatable bonds is 5. The van der Waals surface area contributed by atoms with Gasteiger partial charge in [-0.25, -0.2) is 13.1 Å². The van der Waals surface area contributed by atoms with E-state index in [1.54, 1.807) is 0 Å². The van der Waals surface area contributed by atoms with Gasteiger partial charge in [0.25, 0.3) is 0 Å². The molecule has 0 aliphatic heterocycles. The van der Waals surface area contributed by atoms with Crippen molar-refractivity contribution in [1.82, 2.24) is 4.72 Å². The van der Waals surface area contributed by atoms with Crippen LogP contribution < -0.4 is 4.72 Å². The normalized spacial score (nSPS) is 19.1. The number of aliphatic hydroxyl groups is 1. The fourth-order valence-electron chi connectivity index (χ4n) is 2.59. The van der Waals surface area contributed by atoms with Crippen LogP contribution in [0.25, 0.3) is 0 Å². The molecule has 1 aliphatic carbocycles. The van der Waals surface area contributed by atoms with Gasteiger partial charge in [0.1, 0.15) is 17.3 Å². The van der Waals surface area contributed by atoms with Gasteiger partial charge in [-0.3, -0.25) is 0 Å². The van der Waals surface area contributed by atoms with Crippen molar-refractivity contribution >= 4 is 26.0 Å². The van der Waals surface area contributed by atoms with Crippen molar-refractivity contribution in [2.75, 3.05) is 6.54 Å². The number of hydrogen-bond donors (Lipinski definition) is 2. The molecule has 2 rings (SSSR count). The van der Waals surface area contributed by atoms with Crippen LogP contribution in [0, 0.1) is 5.41 Å². The van der Waals surface area contributed by atoms with Gasteiger partial charge in [0.2, 0.25) is 10.0 Å². The zero-order valence-corrected chi connectivity index (χ0v) is 13.9. The molecule has 1 aliphatic rings. The highest BCUT2D eigenvalue weighted by molar-refractivity contribution is 9.10. The lowest BCUT2D eigenvalue weighted by Gasteiger charge is -2.33. The van der Waals surface area contributed by atoms with Gasteiger partial charge in [-0.1, -0.05) is 26.2 Å². The Labute approximate surface area is 127 Å². The summed E-state index contributed by atoms with van der Waals surface area (Å²) in [6.07, 6.45) is 5.63. The molecule has 1 heterocycles. The number of sulfonamides is 1. The van der Waals surface area contributed by atoms with E-state index in [1.807, 2.05) is 0 Å². The standard InChI is InChI=1S/C13H20BrNO4S/c1-13(5-3-2-4-6-13)9-15-20(17,18)11-7-10(8-16)19-12(11)14/h7,15-16H,2-6,8-9H2,1H3. The Morgan fingerprint density at radius 3 is 2.60 bits per heavy atom. The van der Waals surface area contributed by atoms with Crippen LogP contribution in [0.1, 0.15) is 44.8 Å². The molecule has 0 spiro atoms. The van der Waals surface area contributed by atoms with Crippen LogP contribution in [0.4, 0.5) is 0 Å². The quantitative estimate of drug-likeness (QED) is 0.840. The first-order valence-corrected chi connectivity index (χ1v) is 9.03. The Balaban J connectivity index is 2.08. The lowest BCUT2D eigenvalue weighted by Crippen LogP contribution is -2.37. The van der Waals surface area contributed by atoms with Crippen LogP contribution in [0.2, 0.25) is 0 Å². The smallest absolute Gasteiger partial charge is 0.244 e. The summed E-state index contributed by atoms with van der Waals surface area (Å²) < 4.78 is 32.5. The van der Waals surface area contributed by atoms with Crippen molar-refractivity contribution in [3.63, 3.8) is 0 Å². The Kier molecular flexibility index (Phi) is 4.94. The predicted octanol–water partition coefficient (Wildman–Crippen LogP) is 2.78. The van der Waals surface area contributed by atoms with Crippen LogP contribution in [0.3, 0.4) is 0 Å². The summed E-state index contributed by atoms with van der Waals surface area (Å²) in [7, 11) is -3.62. The molecular formula is C13H20BrNO4S. The number of furan rings is 1. The molecule has 1 aromatic heterocycles. The summed E-state index contributed by atoms with van der Waals surface area (Å²) in [6.45, 7) is 2.23. The maximum absolute atomic E-state index is 12.3. The molecule has 0 radical (unpaired) electrons. The summed E-state index contributed by atoms with van der Waals surface area (Å²) >= 11 is 3.08. The minimum atomic E-state index is -3.62. The number of halogens is 1. The average Bonchev–Trinajstić information content (AvgIpc) is 2.80. The first-order chi connectivity index (χ1) is 9.36. The van der Waals surface area contributed by atoms with Crippen molar-refractivity contribution in [3.05, 3.63) is 16.5 Å². The van der Waals surface area contributed by atoms with Gasteiger partial charge in [-0.15, -0.1) is 0 Å². The molecule has 114 valence electrons. The van der Waals surface area contributed by atoms with E-state index < -0.39 is 10.0 Å². The molecule has 0 aromatic carbocycles. The second-order valence-electron chi connectivity index (χ2n) is 5.70. The second kappa shape index (κ2) is 6.17. The fraction of sp³-hybridized carbons (Fsp3) is 0.692. The van der Waals surface area contributed by atoms with Gasteiger partial charge in [0.05, 0.1) is 0 Å². The third-order valence-electron chi connectivity index (χ3n) is 3.90. The zero-order valence-electron chi connectivity index (χ0n) is 11.5. The molecule has 0 atom stereocenters. The van der Waals surface area contributed by atoms with Crippen LogP contribution in [-0.4, -0.2) is 20.1 Å². The van der Waals surface area contributed by atoms with Crippen molar-refractivity contribution < 1.29 is 17.9 Å². The van der Waals surface area contributed by atoms with Crippen LogP contribution >= 0.6 is 15.9 Å². The molecule has 0 amide bonds. The van der Waals surface area contributed by atoms with Crippen molar-refractivity contribution in [3.8, 4) is 0 Å². The van der Waals surface area contributed by atoms with Crippen LogP contribution in [0.5, 0.6) is 0 Å². The molecular weight excluding hydrogens is 346 g/mol. The topological polar surface area (TPSA) is 79.5 Å². The zero-order chi connectivity index (χ0) is 14.8. The minimum Gasteiger partial charge on any atom is -0.450 e. The van der Waals surface area contributed by atoms with E-state index in [2.05, 4.69) is 27.6 Å². The summed E-state index contributed by atoms with van der Waals surface area (Å²) in [6, 6.07) is 1.34. The molecule has 1 saturated carbocycles. The van der Waals surface area contributed by atoms with Gasteiger partial charge in [-0.2, -0.15) is 0 Å². The second-order valence-corrected chi connectivity index (χ2v) is 8.16. The molecule has 7 heteroatoms. The molecule has 0 bridgehead atoms. The van der Waals surface area contributed by atoms with E-state index in [0.29, 0.717) is 6.54 Å². The van der Waals surface area contributed by atoms with Gasteiger partial charge in [0, 0.05) is 12.6 Å². The Hall–Kier alpha value is -0.370. The third-order valence-corrected chi connectivity index (χ3v) is 6.16. The molecule has 0 unspecified atom stereocenters. The van der Waals surface area contributed by atoms with Gasteiger partial charge < -0.3 is 9.52 Å². The molecule has 5 nitrogen and oxygen atoms in total. The third kappa shape index (κ3) is 3.63. The minimum absolute atomic E-state index is 0.0291. The van der Waals surface area contributed by atoms with E-state index in [0.717, 1.165) is 25.7 Å². The SMILES string of the molecule is CC1(CNS(=O)(=O)c2cc(CO)oc2Br)CCCCC1. The van der Waals surface area contributed by atoms with Gasteiger partial charge >= 0.3 is 0 Å². The lowest BCUT2D eigenvalue weighted by molar-refractivity contribution is 0.219. The maximum Gasteiger partial charge on any atom is 0.244 e. The number of aliphatic hydroxyl groups excluding tert-OH is 1. The van der Waals surface area contributed by atoms with E-state index in [-0.39, 0.29) is 27.3 Å². The van der Waals surface area contributed by atoms with E-state index in [4.69, 9.17) is 9.52 Å². The van der Waals surface area contributed by atoms with E-state index in [1.165, 1.54) is 12.5 Å². The summed E-state index contributed by atoms with van der Waals surface area (Å²) in [4.78, 5) is 0.0426. The van der Waals surface area contributed by atoms with Crippen molar-refractivity contribution in [2.45, 2.75) is 50.5 Å². The Morgan fingerprint density at radius 1 is 1.40 bits per heavy atom. The first-order valence-electron chi connectivity index (χ1n) is 6.75. The average molecular weight is 366 g/mol. The fourth-order valence-corrected chi connectivity index (χ4v) is 4.78. The molecule has 0 saturated heterocycles. The van der Waals surface area contributed by atoms with Crippen molar-refractivity contribution in [1.29, 1.82) is 0 Å². The highest BCUT2D eigenvalue weighted by Gasteiger charge is 2.30. The number of nitrogens with one attached hydrogen (secondary N) is 1.